The standard InChI is InChI=1S/C27H32N4O5S/c1-20(23-17-24(31-14-4-5-15-31)26(36-3)18-25(23)35-2)27(32)21-7-9-22(10-8-21)37(33,34)29-11-6-13-30-16-12-28-19-30/h7-10,12,16-19,29H,1,4-6,11,13-15H2,2-3H3. The highest BCUT2D eigenvalue weighted by atomic mass is 32.2. The van der Waals surface area contributed by atoms with Crippen molar-refractivity contribution in [3.05, 3.63) is 72.8 Å². The molecule has 9 nitrogen and oxygen atoms in total. The van der Waals surface area contributed by atoms with Gasteiger partial charge in [-0.15, -0.1) is 0 Å². The molecule has 0 aliphatic carbocycles. The maximum atomic E-state index is 13.3. The number of methoxy groups -OCH3 is 2. The average Bonchev–Trinajstić information content (AvgIpc) is 3.64. The van der Waals surface area contributed by atoms with Gasteiger partial charge < -0.3 is 18.9 Å². The SMILES string of the molecule is C=C(C(=O)c1ccc(S(=O)(=O)NCCCn2ccnc2)cc1)c1cc(N2CCCC2)c(OC)cc1OC. The lowest BCUT2D eigenvalue weighted by atomic mass is 9.96. The van der Waals surface area contributed by atoms with E-state index in [1.807, 2.05) is 16.8 Å². The lowest BCUT2D eigenvalue weighted by Crippen LogP contribution is -2.25. The Bertz CT molecular complexity index is 1350. The number of sulfonamides is 1. The molecule has 10 heteroatoms. The van der Waals surface area contributed by atoms with Crippen molar-refractivity contribution in [2.45, 2.75) is 30.7 Å². The quantitative estimate of drug-likeness (QED) is 0.219. The molecule has 2 aromatic carbocycles. The number of anilines is 1. The van der Waals surface area contributed by atoms with Crippen LogP contribution in [0.2, 0.25) is 0 Å². The van der Waals surface area contributed by atoms with Crippen molar-refractivity contribution in [3.8, 4) is 11.5 Å². The van der Waals surface area contributed by atoms with Crippen molar-refractivity contribution in [1.82, 2.24) is 14.3 Å². The summed E-state index contributed by atoms with van der Waals surface area (Å²) in [6, 6.07) is 9.53. The van der Waals surface area contributed by atoms with Gasteiger partial charge in [-0.1, -0.05) is 6.58 Å². The summed E-state index contributed by atoms with van der Waals surface area (Å²) in [6.45, 7) is 6.82. The van der Waals surface area contributed by atoms with E-state index in [4.69, 9.17) is 9.47 Å². The normalized spacial score (nSPS) is 13.5. The summed E-state index contributed by atoms with van der Waals surface area (Å²) < 4.78 is 40.9. The summed E-state index contributed by atoms with van der Waals surface area (Å²) in [6.07, 6.45) is 8.01. The van der Waals surface area contributed by atoms with Crippen LogP contribution >= 0.6 is 0 Å². The molecule has 2 heterocycles. The molecule has 196 valence electrons. The van der Waals surface area contributed by atoms with Crippen LogP contribution < -0.4 is 19.1 Å². The monoisotopic (exact) mass is 524 g/mol. The number of nitrogens with one attached hydrogen (secondary N) is 1. The second-order valence-electron chi connectivity index (χ2n) is 8.80. The molecule has 1 aliphatic heterocycles. The third-order valence-corrected chi connectivity index (χ3v) is 7.90. The van der Waals surface area contributed by atoms with Crippen LogP contribution in [0.5, 0.6) is 11.5 Å². The summed E-state index contributed by atoms with van der Waals surface area (Å²) in [5, 5.41) is 0. The first-order valence-electron chi connectivity index (χ1n) is 12.1. The van der Waals surface area contributed by atoms with Crippen molar-refractivity contribution in [3.63, 3.8) is 0 Å². The minimum absolute atomic E-state index is 0.0932. The van der Waals surface area contributed by atoms with Crippen molar-refractivity contribution < 1.29 is 22.7 Å². The molecule has 0 unspecified atom stereocenters. The number of allylic oxidation sites excluding steroid dienone is 1. The highest BCUT2D eigenvalue weighted by molar-refractivity contribution is 7.89. The van der Waals surface area contributed by atoms with Crippen molar-refractivity contribution in [2.24, 2.45) is 0 Å². The second-order valence-corrected chi connectivity index (χ2v) is 10.6. The van der Waals surface area contributed by atoms with Crippen LogP contribution in [0.1, 0.15) is 35.2 Å². The third-order valence-electron chi connectivity index (χ3n) is 6.42. The maximum absolute atomic E-state index is 13.3. The topological polar surface area (TPSA) is 103 Å². The summed E-state index contributed by atoms with van der Waals surface area (Å²) in [4.78, 5) is 19.6. The summed E-state index contributed by atoms with van der Waals surface area (Å²) in [5.74, 6) is 0.847. The predicted octanol–water partition coefficient (Wildman–Crippen LogP) is 3.77. The number of ketones is 1. The van der Waals surface area contributed by atoms with Gasteiger partial charge in [0, 0.05) is 61.3 Å². The zero-order valence-electron chi connectivity index (χ0n) is 21.1. The molecular formula is C27H32N4O5S. The summed E-state index contributed by atoms with van der Waals surface area (Å²) in [7, 11) is -0.553. The Balaban J connectivity index is 1.48. The zero-order valence-corrected chi connectivity index (χ0v) is 22.0. The first-order valence-corrected chi connectivity index (χ1v) is 13.6. The molecule has 1 aromatic heterocycles. The Morgan fingerprint density at radius 1 is 1.08 bits per heavy atom. The van der Waals surface area contributed by atoms with Gasteiger partial charge in [-0.25, -0.2) is 18.1 Å². The van der Waals surface area contributed by atoms with Crippen LogP contribution in [0.25, 0.3) is 5.57 Å². The fourth-order valence-corrected chi connectivity index (χ4v) is 5.45. The number of Topliss-reactive ketones (excluding diaryl/α,β-unsaturated/α-hetero) is 1. The number of hydrogen-bond acceptors (Lipinski definition) is 7. The Morgan fingerprint density at radius 3 is 2.41 bits per heavy atom. The molecule has 1 saturated heterocycles. The molecule has 0 saturated carbocycles. The fraction of sp³-hybridized carbons (Fsp3) is 0.333. The summed E-state index contributed by atoms with van der Waals surface area (Å²) in [5.41, 5.74) is 2.06. The molecule has 0 radical (unpaired) electrons. The van der Waals surface area contributed by atoms with E-state index in [2.05, 4.69) is 21.2 Å². The van der Waals surface area contributed by atoms with Gasteiger partial charge in [0.25, 0.3) is 0 Å². The first-order chi connectivity index (χ1) is 17.8. The number of imidazole rings is 1. The highest BCUT2D eigenvalue weighted by Crippen LogP contribution is 2.40. The van der Waals surface area contributed by atoms with Crippen LogP contribution in [0, 0.1) is 0 Å². The molecule has 0 bridgehead atoms. The van der Waals surface area contributed by atoms with Crippen molar-refractivity contribution in [2.75, 3.05) is 38.8 Å². The molecule has 0 atom stereocenters. The summed E-state index contributed by atoms with van der Waals surface area (Å²) >= 11 is 0. The predicted molar refractivity (Wildman–Crippen MR) is 143 cm³/mol. The minimum atomic E-state index is -3.70. The molecule has 37 heavy (non-hydrogen) atoms. The third kappa shape index (κ3) is 6.03. The highest BCUT2D eigenvalue weighted by Gasteiger charge is 2.23. The van der Waals surface area contributed by atoms with Crippen molar-refractivity contribution >= 4 is 27.1 Å². The van der Waals surface area contributed by atoms with Crippen LogP contribution in [-0.4, -0.2) is 57.6 Å². The lowest BCUT2D eigenvalue weighted by molar-refractivity contribution is 0.105. The van der Waals surface area contributed by atoms with Gasteiger partial charge in [-0.2, -0.15) is 0 Å². The molecule has 1 N–H and O–H groups in total. The largest absolute Gasteiger partial charge is 0.496 e. The Labute approximate surface area is 217 Å². The Hall–Kier alpha value is -3.63. The van der Waals surface area contributed by atoms with Crippen LogP contribution in [0.4, 0.5) is 5.69 Å². The molecule has 0 spiro atoms. The molecule has 1 aliphatic rings. The van der Waals surface area contributed by atoms with E-state index < -0.39 is 10.0 Å². The Morgan fingerprint density at radius 2 is 1.78 bits per heavy atom. The average molecular weight is 525 g/mol. The number of benzene rings is 2. The van der Waals surface area contributed by atoms with Crippen LogP contribution in [-0.2, 0) is 16.6 Å². The minimum Gasteiger partial charge on any atom is -0.496 e. The second kappa shape index (κ2) is 11.6. The maximum Gasteiger partial charge on any atom is 0.240 e. The molecule has 3 aromatic rings. The zero-order chi connectivity index (χ0) is 26.4. The smallest absolute Gasteiger partial charge is 0.240 e. The molecule has 0 amide bonds. The van der Waals surface area contributed by atoms with Gasteiger partial charge >= 0.3 is 0 Å². The van der Waals surface area contributed by atoms with Gasteiger partial charge in [-0.05, 0) is 49.6 Å². The van der Waals surface area contributed by atoms with Gasteiger partial charge in [0.05, 0.1) is 31.1 Å². The van der Waals surface area contributed by atoms with Gasteiger partial charge in [0.2, 0.25) is 10.0 Å². The first kappa shape index (κ1) is 26.4. The van der Waals surface area contributed by atoms with Crippen LogP contribution in [0.15, 0.2) is 66.6 Å². The van der Waals surface area contributed by atoms with Gasteiger partial charge in [0.15, 0.2) is 5.78 Å². The number of nitrogens with zero attached hydrogens (tertiary/aromatic N) is 3. The van der Waals surface area contributed by atoms with E-state index in [-0.39, 0.29) is 22.8 Å². The molecule has 1 fully saturated rings. The molecule has 4 rings (SSSR count). The number of carbonyl (C=O) groups excluding carboxylic acids is 1. The van der Waals surface area contributed by atoms with E-state index in [1.54, 1.807) is 25.7 Å². The van der Waals surface area contributed by atoms with E-state index in [1.165, 1.54) is 31.4 Å². The van der Waals surface area contributed by atoms with E-state index in [0.717, 1.165) is 31.6 Å². The van der Waals surface area contributed by atoms with Gasteiger partial charge in [-0.3, -0.25) is 4.79 Å². The van der Waals surface area contributed by atoms with Crippen LogP contribution in [0.3, 0.4) is 0 Å². The van der Waals surface area contributed by atoms with E-state index >= 15 is 0 Å². The van der Waals surface area contributed by atoms with Gasteiger partial charge in [0.1, 0.15) is 11.5 Å². The number of ether oxygens (including phenoxy) is 2. The molecular weight excluding hydrogens is 492 g/mol. The fourth-order valence-electron chi connectivity index (χ4n) is 4.38. The van der Waals surface area contributed by atoms with E-state index in [0.29, 0.717) is 35.6 Å². The number of carbonyl (C=O) groups is 1. The number of aryl methyl sites for hydroxylation is 1. The Kier molecular flexibility index (Phi) is 8.30. The number of aromatic nitrogens is 2. The lowest BCUT2D eigenvalue weighted by Gasteiger charge is -2.23. The van der Waals surface area contributed by atoms with E-state index in [9.17, 15) is 13.2 Å². The number of hydrogen-bond donors (Lipinski definition) is 1. The number of rotatable bonds is 12. The van der Waals surface area contributed by atoms with Crippen molar-refractivity contribution in [1.29, 1.82) is 0 Å².